The minimum absolute atomic E-state index is 0.397. The van der Waals surface area contributed by atoms with E-state index >= 15 is 0 Å². The van der Waals surface area contributed by atoms with E-state index in [0.717, 1.165) is 12.2 Å². The number of ether oxygens (including phenoxy) is 1. The molecule has 2 aliphatic carbocycles. The summed E-state index contributed by atoms with van der Waals surface area (Å²) >= 11 is 0. The van der Waals surface area contributed by atoms with Gasteiger partial charge >= 0.3 is 0 Å². The number of nitrogens with two attached hydrogens (primary N) is 1. The predicted octanol–water partition coefficient (Wildman–Crippen LogP) is 1.93. The van der Waals surface area contributed by atoms with Crippen molar-refractivity contribution in [3.63, 3.8) is 0 Å². The van der Waals surface area contributed by atoms with Gasteiger partial charge < -0.3 is 10.5 Å². The number of benzene rings is 1. The van der Waals surface area contributed by atoms with Crippen LogP contribution < -0.4 is 10.5 Å². The van der Waals surface area contributed by atoms with Gasteiger partial charge in [0.15, 0.2) is 0 Å². The summed E-state index contributed by atoms with van der Waals surface area (Å²) in [7, 11) is 1.73. The third-order valence-corrected chi connectivity index (χ3v) is 4.30. The third-order valence-electron chi connectivity index (χ3n) is 4.30. The van der Waals surface area contributed by atoms with E-state index in [-0.39, 0.29) is 0 Å². The molecule has 0 saturated heterocycles. The van der Waals surface area contributed by atoms with Gasteiger partial charge in [0.2, 0.25) is 0 Å². The summed E-state index contributed by atoms with van der Waals surface area (Å²) in [6, 6.07) is 6.85. The highest BCUT2D eigenvalue weighted by Gasteiger charge is 2.50. The molecule has 2 nitrogen and oxygen atoms in total. The summed E-state index contributed by atoms with van der Waals surface area (Å²) < 4.78 is 5.28. The Morgan fingerprint density at radius 2 is 2.20 bits per heavy atom. The Morgan fingerprint density at radius 3 is 2.93 bits per heavy atom. The fourth-order valence-corrected chi connectivity index (χ4v) is 3.34. The second-order valence-corrected chi connectivity index (χ2v) is 4.89. The molecule has 0 aromatic heterocycles. The van der Waals surface area contributed by atoms with Gasteiger partial charge in [-0.05, 0) is 47.4 Å². The Bertz CT molecular complexity index is 402. The number of methoxy groups -OCH3 is 1. The van der Waals surface area contributed by atoms with Crippen LogP contribution in [0.1, 0.15) is 24.0 Å². The first-order valence-electron chi connectivity index (χ1n) is 5.64. The first kappa shape index (κ1) is 9.22. The zero-order chi connectivity index (χ0) is 10.6. The van der Waals surface area contributed by atoms with Crippen LogP contribution in [0.3, 0.4) is 0 Å². The molecule has 0 amide bonds. The number of hydrogen-bond donors (Lipinski definition) is 1. The topological polar surface area (TPSA) is 35.2 Å². The molecule has 0 bridgehead atoms. The van der Waals surface area contributed by atoms with E-state index in [2.05, 4.69) is 25.1 Å². The summed E-state index contributed by atoms with van der Waals surface area (Å²) in [5, 5.41) is 0. The normalized spacial score (nSPS) is 36.7. The molecule has 1 aromatic carbocycles. The zero-order valence-corrected chi connectivity index (χ0v) is 9.23. The standard InChI is InChI=1S/C13H17NO/c1-7-12-10-6-9(15-2)4-3-8(10)5-11(12)13(7)14/h3-4,6-7,11-13H,5,14H2,1-2H3. The highest BCUT2D eigenvalue weighted by Crippen LogP contribution is 2.54. The van der Waals surface area contributed by atoms with Gasteiger partial charge in [0.25, 0.3) is 0 Å². The highest BCUT2D eigenvalue weighted by molar-refractivity contribution is 5.45. The van der Waals surface area contributed by atoms with Crippen molar-refractivity contribution in [2.45, 2.75) is 25.3 Å². The minimum Gasteiger partial charge on any atom is -0.497 e. The van der Waals surface area contributed by atoms with Crippen LogP contribution in [0, 0.1) is 11.8 Å². The van der Waals surface area contributed by atoms with Crippen LogP contribution in [0.5, 0.6) is 5.75 Å². The molecule has 0 radical (unpaired) electrons. The first-order valence-corrected chi connectivity index (χ1v) is 5.64. The van der Waals surface area contributed by atoms with Crippen molar-refractivity contribution >= 4 is 0 Å². The predicted molar refractivity (Wildman–Crippen MR) is 60.1 cm³/mol. The molecule has 2 N–H and O–H groups in total. The smallest absolute Gasteiger partial charge is 0.119 e. The number of rotatable bonds is 1. The van der Waals surface area contributed by atoms with Gasteiger partial charge in [-0.15, -0.1) is 0 Å². The molecule has 2 heteroatoms. The fraction of sp³-hybridized carbons (Fsp3) is 0.538. The van der Waals surface area contributed by atoms with E-state index in [1.807, 2.05) is 0 Å². The van der Waals surface area contributed by atoms with E-state index in [0.29, 0.717) is 23.8 Å². The third kappa shape index (κ3) is 1.08. The summed E-state index contributed by atoms with van der Waals surface area (Å²) in [6.07, 6.45) is 1.16. The van der Waals surface area contributed by atoms with Crippen LogP contribution in [0.2, 0.25) is 0 Å². The lowest BCUT2D eigenvalue weighted by Gasteiger charge is -2.45. The highest BCUT2D eigenvalue weighted by atomic mass is 16.5. The van der Waals surface area contributed by atoms with Crippen molar-refractivity contribution in [2.24, 2.45) is 17.6 Å². The molecular weight excluding hydrogens is 186 g/mol. The lowest BCUT2D eigenvalue weighted by Crippen LogP contribution is -2.51. The molecule has 0 spiro atoms. The van der Waals surface area contributed by atoms with Crippen molar-refractivity contribution in [3.05, 3.63) is 29.3 Å². The quantitative estimate of drug-likeness (QED) is 0.757. The van der Waals surface area contributed by atoms with Crippen molar-refractivity contribution in [1.29, 1.82) is 0 Å². The molecule has 1 aromatic rings. The van der Waals surface area contributed by atoms with Crippen molar-refractivity contribution < 1.29 is 4.74 Å². The fourth-order valence-electron chi connectivity index (χ4n) is 3.34. The zero-order valence-electron chi connectivity index (χ0n) is 9.23. The lowest BCUT2D eigenvalue weighted by atomic mass is 9.62. The van der Waals surface area contributed by atoms with Gasteiger partial charge in [0.05, 0.1) is 7.11 Å². The Balaban J connectivity index is 2.01. The molecular formula is C13H17NO. The van der Waals surface area contributed by atoms with E-state index in [4.69, 9.17) is 10.5 Å². The average molecular weight is 203 g/mol. The molecule has 0 aliphatic heterocycles. The molecule has 1 saturated carbocycles. The monoisotopic (exact) mass is 203 g/mol. The minimum atomic E-state index is 0.397. The van der Waals surface area contributed by atoms with Crippen molar-refractivity contribution in [2.75, 3.05) is 7.11 Å². The number of hydrogen-bond acceptors (Lipinski definition) is 2. The second kappa shape index (κ2) is 2.99. The molecule has 0 heterocycles. The largest absolute Gasteiger partial charge is 0.497 e. The van der Waals surface area contributed by atoms with Gasteiger partial charge in [-0.25, -0.2) is 0 Å². The molecule has 2 aliphatic rings. The molecule has 80 valence electrons. The Kier molecular flexibility index (Phi) is 1.84. The van der Waals surface area contributed by atoms with Crippen LogP contribution >= 0.6 is 0 Å². The van der Waals surface area contributed by atoms with Crippen molar-refractivity contribution in [3.8, 4) is 5.75 Å². The van der Waals surface area contributed by atoms with Crippen LogP contribution in [0.15, 0.2) is 18.2 Å². The van der Waals surface area contributed by atoms with Gasteiger partial charge in [-0.1, -0.05) is 13.0 Å². The van der Waals surface area contributed by atoms with Gasteiger partial charge in [-0.2, -0.15) is 0 Å². The van der Waals surface area contributed by atoms with E-state index in [1.165, 1.54) is 11.1 Å². The molecule has 15 heavy (non-hydrogen) atoms. The SMILES string of the molecule is COc1ccc2c(c1)C1C(C)C(N)C1C2. The van der Waals surface area contributed by atoms with Crippen molar-refractivity contribution in [1.82, 2.24) is 0 Å². The molecule has 1 fully saturated rings. The first-order chi connectivity index (χ1) is 7.22. The summed E-state index contributed by atoms with van der Waals surface area (Å²) in [4.78, 5) is 0. The Hall–Kier alpha value is -1.02. The van der Waals surface area contributed by atoms with Crippen LogP contribution in [-0.4, -0.2) is 13.2 Å². The maximum atomic E-state index is 6.13. The van der Waals surface area contributed by atoms with Crippen LogP contribution in [0.25, 0.3) is 0 Å². The second-order valence-electron chi connectivity index (χ2n) is 4.89. The van der Waals surface area contributed by atoms with Gasteiger partial charge in [0.1, 0.15) is 5.75 Å². The van der Waals surface area contributed by atoms with Crippen LogP contribution in [0.4, 0.5) is 0 Å². The summed E-state index contributed by atoms with van der Waals surface area (Å²) in [5.41, 5.74) is 9.08. The lowest BCUT2D eigenvalue weighted by molar-refractivity contribution is 0.131. The molecule has 4 atom stereocenters. The van der Waals surface area contributed by atoms with E-state index < -0.39 is 0 Å². The summed E-state index contributed by atoms with van der Waals surface area (Å²) in [5.74, 6) is 2.97. The Labute approximate surface area is 90.4 Å². The molecule has 3 rings (SSSR count). The molecule has 4 unspecified atom stereocenters. The van der Waals surface area contributed by atoms with E-state index in [1.54, 1.807) is 7.11 Å². The van der Waals surface area contributed by atoms with Gasteiger partial charge in [0, 0.05) is 6.04 Å². The summed E-state index contributed by atoms with van der Waals surface area (Å²) in [6.45, 7) is 2.26. The average Bonchev–Trinajstić information content (AvgIpc) is 2.62. The Morgan fingerprint density at radius 1 is 1.40 bits per heavy atom. The van der Waals surface area contributed by atoms with Crippen LogP contribution in [-0.2, 0) is 6.42 Å². The maximum absolute atomic E-state index is 6.13. The van der Waals surface area contributed by atoms with E-state index in [9.17, 15) is 0 Å². The van der Waals surface area contributed by atoms with Gasteiger partial charge in [-0.3, -0.25) is 0 Å². The maximum Gasteiger partial charge on any atom is 0.119 e. The number of fused-ring (bicyclic) bond motifs is 3.